The van der Waals surface area contributed by atoms with Crippen molar-refractivity contribution in [3.05, 3.63) is 65.5 Å². The topological polar surface area (TPSA) is 21.3 Å². The first-order chi connectivity index (χ1) is 10.2. The summed E-state index contributed by atoms with van der Waals surface area (Å²) < 4.78 is 18.9. The lowest BCUT2D eigenvalue weighted by Crippen LogP contribution is -2.19. The second kappa shape index (κ2) is 7.79. The van der Waals surface area contributed by atoms with E-state index < -0.39 is 0 Å². The lowest BCUT2D eigenvalue weighted by Gasteiger charge is -2.13. The normalized spacial score (nSPS) is 12.1. The van der Waals surface area contributed by atoms with Crippen LogP contribution in [0, 0.1) is 5.82 Å². The molecule has 0 aliphatic rings. The predicted octanol–water partition coefficient (Wildman–Crippen LogP) is 4.12. The van der Waals surface area contributed by atoms with Crippen LogP contribution in [-0.2, 0) is 6.61 Å². The largest absolute Gasteiger partial charge is 0.486 e. The van der Waals surface area contributed by atoms with Crippen LogP contribution in [0.5, 0.6) is 5.75 Å². The van der Waals surface area contributed by atoms with Gasteiger partial charge in [0.15, 0.2) is 11.6 Å². The molecule has 0 bridgehead atoms. The molecule has 0 saturated heterocycles. The van der Waals surface area contributed by atoms with E-state index in [1.807, 2.05) is 12.1 Å². The Morgan fingerprint density at radius 1 is 1.10 bits per heavy atom. The monoisotopic (exact) mass is 287 g/mol. The highest BCUT2D eigenvalue weighted by atomic mass is 19.1. The van der Waals surface area contributed by atoms with Crippen molar-refractivity contribution in [1.82, 2.24) is 5.32 Å². The van der Waals surface area contributed by atoms with Crippen LogP contribution in [-0.4, -0.2) is 13.1 Å². The van der Waals surface area contributed by atoms with Gasteiger partial charge in [0.05, 0.1) is 0 Å². The molecule has 0 aliphatic heterocycles. The summed E-state index contributed by atoms with van der Waals surface area (Å²) in [6, 6.07) is 14.8. The summed E-state index contributed by atoms with van der Waals surface area (Å²) in [6.45, 7) is 6.65. The van der Waals surface area contributed by atoms with Gasteiger partial charge in [-0.1, -0.05) is 50.2 Å². The molecule has 0 heterocycles. The Morgan fingerprint density at radius 2 is 1.81 bits per heavy atom. The quantitative estimate of drug-likeness (QED) is 0.827. The number of ether oxygens (including phenoxy) is 1. The minimum absolute atomic E-state index is 0.294. The molecule has 2 aromatic rings. The van der Waals surface area contributed by atoms with Gasteiger partial charge in [0.1, 0.15) is 6.61 Å². The van der Waals surface area contributed by atoms with Gasteiger partial charge in [-0.25, -0.2) is 4.39 Å². The van der Waals surface area contributed by atoms with E-state index in [4.69, 9.17) is 4.74 Å². The summed E-state index contributed by atoms with van der Waals surface area (Å²) in [7, 11) is 0. The fourth-order valence-electron chi connectivity index (χ4n) is 2.14. The summed E-state index contributed by atoms with van der Waals surface area (Å²) in [5, 5.41) is 3.35. The van der Waals surface area contributed by atoms with Gasteiger partial charge in [0.2, 0.25) is 0 Å². The average Bonchev–Trinajstić information content (AvgIpc) is 2.52. The van der Waals surface area contributed by atoms with E-state index in [9.17, 15) is 4.39 Å². The van der Waals surface area contributed by atoms with E-state index in [2.05, 4.69) is 31.3 Å². The number of benzene rings is 2. The smallest absolute Gasteiger partial charge is 0.165 e. The highest BCUT2D eigenvalue weighted by Gasteiger charge is 2.05. The molecule has 3 heteroatoms. The molecule has 112 valence electrons. The maximum absolute atomic E-state index is 13.4. The fourth-order valence-corrected chi connectivity index (χ4v) is 2.14. The summed E-state index contributed by atoms with van der Waals surface area (Å²) in [5.41, 5.74) is 2.34. The summed E-state index contributed by atoms with van der Waals surface area (Å²) in [5.74, 6) is 0.446. The van der Waals surface area contributed by atoms with Crippen molar-refractivity contribution < 1.29 is 9.13 Å². The third-order valence-corrected chi connectivity index (χ3v) is 3.48. The van der Waals surface area contributed by atoms with Gasteiger partial charge in [0, 0.05) is 6.54 Å². The molecule has 2 aromatic carbocycles. The van der Waals surface area contributed by atoms with Gasteiger partial charge in [-0.2, -0.15) is 0 Å². The highest BCUT2D eigenvalue weighted by Crippen LogP contribution is 2.19. The molecule has 2 nitrogen and oxygen atoms in total. The minimum Gasteiger partial charge on any atom is -0.486 e. The highest BCUT2D eigenvalue weighted by molar-refractivity contribution is 5.27. The molecule has 2 rings (SSSR count). The molecule has 0 amide bonds. The Morgan fingerprint density at radius 3 is 2.48 bits per heavy atom. The second-order valence-corrected chi connectivity index (χ2v) is 5.17. The molecule has 0 spiro atoms. The molecular weight excluding hydrogens is 265 g/mol. The number of hydrogen-bond donors (Lipinski definition) is 1. The van der Waals surface area contributed by atoms with Gasteiger partial charge in [-0.05, 0) is 35.7 Å². The third kappa shape index (κ3) is 4.57. The van der Waals surface area contributed by atoms with Crippen LogP contribution in [0.4, 0.5) is 4.39 Å². The van der Waals surface area contributed by atoms with Crippen molar-refractivity contribution in [2.75, 3.05) is 13.1 Å². The number of nitrogens with one attached hydrogen (secondary N) is 1. The second-order valence-electron chi connectivity index (χ2n) is 5.17. The van der Waals surface area contributed by atoms with E-state index >= 15 is 0 Å². The molecule has 1 unspecified atom stereocenters. The number of para-hydroxylation sites is 1. The van der Waals surface area contributed by atoms with Gasteiger partial charge in [0.25, 0.3) is 0 Å². The van der Waals surface area contributed by atoms with E-state index in [1.54, 1.807) is 18.2 Å². The van der Waals surface area contributed by atoms with Crippen molar-refractivity contribution in [1.29, 1.82) is 0 Å². The molecule has 0 saturated carbocycles. The van der Waals surface area contributed by atoms with Gasteiger partial charge in [-0.15, -0.1) is 0 Å². The van der Waals surface area contributed by atoms with Crippen molar-refractivity contribution in [2.24, 2.45) is 0 Å². The first kappa shape index (κ1) is 15.5. The van der Waals surface area contributed by atoms with Crippen molar-refractivity contribution in [3.63, 3.8) is 0 Å². The number of hydrogen-bond acceptors (Lipinski definition) is 2. The molecule has 1 atom stereocenters. The molecule has 0 aromatic heterocycles. The Kier molecular flexibility index (Phi) is 5.76. The Labute approximate surface area is 126 Å². The van der Waals surface area contributed by atoms with E-state index in [1.165, 1.54) is 11.6 Å². The van der Waals surface area contributed by atoms with Gasteiger partial charge >= 0.3 is 0 Å². The molecule has 21 heavy (non-hydrogen) atoms. The SMILES string of the molecule is CCNCC(C)c1ccc(COc2ccccc2F)cc1. The van der Waals surface area contributed by atoms with E-state index in [-0.39, 0.29) is 5.82 Å². The number of likely N-dealkylation sites (N-methyl/N-ethyl adjacent to an activating group) is 1. The first-order valence-electron chi connectivity index (χ1n) is 7.37. The van der Waals surface area contributed by atoms with Crippen LogP contribution >= 0.6 is 0 Å². The van der Waals surface area contributed by atoms with Gasteiger partial charge in [-0.3, -0.25) is 0 Å². The number of halogens is 1. The van der Waals surface area contributed by atoms with Crippen LogP contribution in [0.2, 0.25) is 0 Å². The summed E-state index contributed by atoms with van der Waals surface area (Å²) in [6.07, 6.45) is 0. The first-order valence-corrected chi connectivity index (χ1v) is 7.37. The molecule has 0 radical (unpaired) electrons. The Bertz CT molecular complexity index is 553. The maximum Gasteiger partial charge on any atom is 0.165 e. The number of rotatable bonds is 7. The van der Waals surface area contributed by atoms with Crippen LogP contribution in [0.15, 0.2) is 48.5 Å². The van der Waals surface area contributed by atoms with Gasteiger partial charge < -0.3 is 10.1 Å². The maximum atomic E-state index is 13.4. The molecule has 1 N–H and O–H groups in total. The van der Waals surface area contributed by atoms with Crippen LogP contribution < -0.4 is 10.1 Å². The zero-order chi connectivity index (χ0) is 15.1. The van der Waals surface area contributed by atoms with Crippen LogP contribution in [0.25, 0.3) is 0 Å². The predicted molar refractivity (Wildman–Crippen MR) is 84.1 cm³/mol. The standard InChI is InChI=1S/C18H22FNO/c1-3-20-12-14(2)16-10-8-15(9-11-16)13-21-18-7-5-4-6-17(18)19/h4-11,14,20H,3,12-13H2,1-2H3. The Balaban J connectivity index is 1.92. The lowest BCUT2D eigenvalue weighted by atomic mass is 10.00. The van der Waals surface area contributed by atoms with Crippen LogP contribution in [0.1, 0.15) is 30.9 Å². The summed E-state index contributed by atoms with van der Waals surface area (Å²) in [4.78, 5) is 0. The van der Waals surface area contributed by atoms with Crippen molar-refractivity contribution >= 4 is 0 Å². The minimum atomic E-state index is -0.326. The lowest BCUT2D eigenvalue weighted by molar-refractivity contribution is 0.290. The molecular formula is C18H22FNO. The summed E-state index contributed by atoms with van der Waals surface area (Å²) >= 11 is 0. The third-order valence-electron chi connectivity index (χ3n) is 3.48. The van der Waals surface area contributed by atoms with E-state index in [0.29, 0.717) is 18.3 Å². The zero-order valence-corrected chi connectivity index (χ0v) is 12.6. The molecule has 0 aliphatic carbocycles. The van der Waals surface area contributed by atoms with Crippen LogP contribution in [0.3, 0.4) is 0 Å². The average molecular weight is 287 g/mol. The fraction of sp³-hybridized carbons (Fsp3) is 0.333. The molecule has 0 fully saturated rings. The van der Waals surface area contributed by atoms with Crippen molar-refractivity contribution in [3.8, 4) is 5.75 Å². The van der Waals surface area contributed by atoms with Crippen molar-refractivity contribution in [2.45, 2.75) is 26.4 Å². The van der Waals surface area contributed by atoms with E-state index in [0.717, 1.165) is 18.7 Å². The zero-order valence-electron chi connectivity index (χ0n) is 12.6. The Hall–Kier alpha value is -1.87.